The van der Waals surface area contributed by atoms with Crippen LogP contribution in [-0.4, -0.2) is 98.4 Å². The van der Waals surface area contributed by atoms with Crippen LogP contribution in [0.1, 0.15) is 239 Å². The van der Waals surface area contributed by atoms with E-state index in [-0.39, 0.29) is 24.5 Å². The van der Waals surface area contributed by atoms with Crippen LogP contribution in [0, 0.1) is 5.92 Å². The van der Waals surface area contributed by atoms with Crippen LogP contribution in [0.25, 0.3) is 0 Å². The number of carbonyl (C=O) groups excluding carboxylic acids is 1. The molecule has 0 aromatic rings. The number of likely N-dealkylation sites (tertiary alicyclic amines) is 1. The van der Waals surface area contributed by atoms with E-state index in [4.69, 9.17) is 9.47 Å². The van der Waals surface area contributed by atoms with E-state index in [1.165, 1.54) is 180 Å². The van der Waals surface area contributed by atoms with Crippen LogP contribution in [0.5, 0.6) is 0 Å². The van der Waals surface area contributed by atoms with E-state index in [9.17, 15) is 30.3 Å². The molecular formula is C49H95NO8. The molecule has 2 fully saturated rings. The molecule has 0 aliphatic carbocycles. The van der Waals surface area contributed by atoms with E-state index in [0.29, 0.717) is 0 Å². The molecular weight excluding hydrogens is 731 g/mol. The minimum Gasteiger partial charge on any atom is -0.394 e. The Kier molecular flexibility index (Phi) is 31.9. The predicted molar refractivity (Wildman–Crippen MR) is 238 cm³/mol. The first-order valence-corrected chi connectivity index (χ1v) is 25.2. The molecule has 0 radical (unpaired) electrons. The quantitative estimate of drug-likeness (QED) is 0.0386. The fourth-order valence-corrected chi connectivity index (χ4v) is 9.22. The average Bonchev–Trinajstić information content (AvgIpc) is 3.22. The third kappa shape index (κ3) is 21.8. The van der Waals surface area contributed by atoms with Gasteiger partial charge in [-0.3, -0.25) is 4.79 Å². The van der Waals surface area contributed by atoms with Crippen molar-refractivity contribution in [1.29, 1.82) is 0 Å². The van der Waals surface area contributed by atoms with Crippen molar-refractivity contribution in [3.63, 3.8) is 0 Å². The lowest BCUT2D eigenvalue weighted by molar-refractivity contribution is -0.308. The second-order valence-corrected chi connectivity index (χ2v) is 18.5. The largest absolute Gasteiger partial charge is 0.394 e. The Balaban J connectivity index is 1.64. The van der Waals surface area contributed by atoms with Gasteiger partial charge in [0.15, 0.2) is 6.29 Å². The molecule has 0 saturated carbocycles. The molecule has 0 bridgehead atoms. The van der Waals surface area contributed by atoms with Crippen molar-refractivity contribution < 1.29 is 39.8 Å². The molecule has 9 heteroatoms. The first-order valence-electron chi connectivity index (χ1n) is 25.2. The van der Waals surface area contributed by atoms with Gasteiger partial charge in [0.05, 0.1) is 31.4 Å². The number of nitrogens with zero attached hydrogens (tertiary/aromatic N) is 1. The van der Waals surface area contributed by atoms with Crippen LogP contribution in [0.3, 0.4) is 0 Å². The molecule has 2 rings (SSSR count). The minimum atomic E-state index is -1.54. The average molecular weight is 826 g/mol. The fourth-order valence-electron chi connectivity index (χ4n) is 9.22. The molecule has 0 aromatic carbocycles. The molecule has 2 saturated heterocycles. The number of unbranched alkanes of at least 4 members (excludes halogenated alkanes) is 30. The SMILES string of the molecule is CCCCCCCCCCCCCCCCCCCCCCCC(C)C(=O)N1C(COC2OC(CO)C(O)C(O)C2O)[C@H](O)[C@@H]1CCCCCCCCCCCCC. The van der Waals surface area contributed by atoms with Crippen molar-refractivity contribution in [2.24, 2.45) is 5.92 Å². The zero-order chi connectivity index (χ0) is 42.2. The van der Waals surface area contributed by atoms with Gasteiger partial charge in [-0.15, -0.1) is 0 Å². The standard InChI is InChI=1S/C49H95NO8/c1-4-6-8-10-12-14-16-17-18-19-20-21-22-23-24-25-27-28-30-32-34-36-40(3)48(56)50-41(37-35-33-31-29-26-15-13-11-9-7-5-2)44(52)42(50)39-57-49-47(55)46(54)45(53)43(38-51)58-49/h40-47,49,51-55H,4-39H2,1-3H3/t40?,41-,42?,43?,44+,45?,46?,47?,49?/m0/s1. The van der Waals surface area contributed by atoms with Crippen LogP contribution in [0.4, 0.5) is 0 Å². The molecule has 2 heterocycles. The number of amides is 1. The number of ether oxygens (including phenoxy) is 2. The van der Waals surface area contributed by atoms with E-state index >= 15 is 0 Å². The fraction of sp³-hybridized carbons (Fsp3) is 0.980. The number of rotatable bonds is 39. The molecule has 1 amide bonds. The summed E-state index contributed by atoms with van der Waals surface area (Å²) in [5.41, 5.74) is 0. The van der Waals surface area contributed by atoms with Crippen LogP contribution < -0.4 is 0 Å². The Bertz CT molecular complexity index is 954. The summed E-state index contributed by atoms with van der Waals surface area (Å²) >= 11 is 0. The van der Waals surface area contributed by atoms with Crippen molar-refractivity contribution in [2.45, 2.75) is 288 Å². The number of hydrogen-bond donors (Lipinski definition) is 5. The highest BCUT2D eigenvalue weighted by atomic mass is 16.7. The number of aliphatic hydroxyl groups excluding tert-OH is 5. The molecule has 7 unspecified atom stereocenters. The van der Waals surface area contributed by atoms with Crippen molar-refractivity contribution in [1.82, 2.24) is 4.90 Å². The summed E-state index contributed by atoms with van der Waals surface area (Å²) in [5, 5.41) is 51.7. The Hall–Kier alpha value is -0.810. The Morgan fingerprint density at radius 3 is 1.29 bits per heavy atom. The van der Waals surface area contributed by atoms with E-state index < -0.39 is 49.5 Å². The van der Waals surface area contributed by atoms with Crippen LogP contribution >= 0.6 is 0 Å². The van der Waals surface area contributed by atoms with Gasteiger partial charge in [-0.1, -0.05) is 226 Å². The molecule has 2 aliphatic rings. The summed E-state index contributed by atoms with van der Waals surface area (Å²) in [6, 6.07) is -0.851. The predicted octanol–water partition coefficient (Wildman–Crippen LogP) is 10.7. The third-order valence-corrected chi connectivity index (χ3v) is 13.3. The lowest BCUT2D eigenvalue weighted by Gasteiger charge is -2.54. The van der Waals surface area contributed by atoms with Gasteiger partial charge >= 0.3 is 0 Å². The Morgan fingerprint density at radius 1 is 0.517 bits per heavy atom. The van der Waals surface area contributed by atoms with Crippen molar-refractivity contribution in [3.05, 3.63) is 0 Å². The molecule has 5 N–H and O–H groups in total. The maximum Gasteiger partial charge on any atom is 0.226 e. The molecule has 9 atom stereocenters. The second kappa shape index (κ2) is 34.7. The third-order valence-electron chi connectivity index (χ3n) is 13.3. The smallest absolute Gasteiger partial charge is 0.226 e. The lowest BCUT2D eigenvalue weighted by atomic mass is 9.83. The summed E-state index contributed by atoms with van der Waals surface area (Å²) in [6.45, 7) is 5.92. The van der Waals surface area contributed by atoms with Gasteiger partial charge in [0.2, 0.25) is 5.91 Å². The first-order chi connectivity index (χ1) is 28.3. The highest BCUT2D eigenvalue weighted by Gasteiger charge is 2.51. The van der Waals surface area contributed by atoms with Crippen molar-refractivity contribution >= 4 is 5.91 Å². The van der Waals surface area contributed by atoms with Gasteiger partial charge in [-0.25, -0.2) is 0 Å². The van der Waals surface area contributed by atoms with Crippen molar-refractivity contribution in [3.8, 4) is 0 Å². The maximum absolute atomic E-state index is 13.9. The van der Waals surface area contributed by atoms with Gasteiger partial charge < -0.3 is 39.9 Å². The summed E-state index contributed by atoms with van der Waals surface area (Å²) in [5.74, 6) is -0.128. The van der Waals surface area contributed by atoms with Crippen molar-refractivity contribution in [2.75, 3.05) is 13.2 Å². The molecule has 0 spiro atoms. The number of aliphatic hydroxyl groups is 5. The van der Waals surface area contributed by atoms with E-state index in [2.05, 4.69) is 13.8 Å². The van der Waals surface area contributed by atoms with Gasteiger partial charge in [-0.05, 0) is 12.8 Å². The van der Waals surface area contributed by atoms with Gasteiger partial charge in [-0.2, -0.15) is 0 Å². The van der Waals surface area contributed by atoms with Crippen LogP contribution in [0.2, 0.25) is 0 Å². The minimum absolute atomic E-state index is 0.0361. The lowest BCUT2D eigenvalue weighted by Crippen LogP contribution is -2.72. The van der Waals surface area contributed by atoms with Crippen LogP contribution in [-0.2, 0) is 14.3 Å². The summed E-state index contributed by atoms with van der Waals surface area (Å²) in [6.07, 6.45) is 35.9. The molecule has 0 aromatic heterocycles. The Labute approximate surface area is 356 Å². The van der Waals surface area contributed by atoms with Gasteiger partial charge in [0, 0.05) is 5.92 Å². The van der Waals surface area contributed by atoms with Gasteiger partial charge in [0.25, 0.3) is 0 Å². The summed E-state index contributed by atoms with van der Waals surface area (Å²) in [7, 11) is 0. The molecule has 2 aliphatic heterocycles. The number of carbonyl (C=O) groups is 1. The molecule has 9 nitrogen and oxygen atoms in total. The highest BCUT2D eigenvalue weighted by Crippen LogP contribution is 2.34. The zero-order valence-corrected chi connectivity index (χ0v) is 38.1. The summed E-state index contributed by atoms with van der Waals surface area (Å²) in [4.78, 5) is 15.7. The van der Waals surface area contributed by atoms with E-state index in [0.717, 1.165) is 38.5 Å². The Morgan fingerprint density at radius 2 is 0.897 bits per heavy atom. The van der Waals surface area contributed by atoms with Gasteiger partial charge in [0.1, 0.15) is 24.4 Å². The number of hydrogen-bond acceptors (Lipinski definition) is 8. The molecule has 344 valence electrons. The van der Waals surface area contributed by atoms with E-state index in [1.807, 2.05) is 11.8 Å². The molecule has 58 heavy (non-hydrogen) atoms. The zero-order valence-electron chi connectivity index (χ0n) is 38.1. The van der Waals surface area contributed by atoms with Crippen LogP contribution in [0.15, 0.2) is 0 Å². The highest BCUT2D eigenvalue weighted by molar-refractivity contribution is 5.80. The topological polar surface area (TPSA) is 140 Å². The normalized spacial score (nSPS) is 25.3. The first kappa shape index (κ1) is 53.3. The maximum atomic E-state index is 13.9. The summed E-state index contributed by atoms with van der Waals surface area (Å²) < 4.78 is 11.4. The monoisotopic (exact) mass is 826 g/mol. The second-order valence-electron chi connectivity index (χ2n) is 18.5. The van der Waals surface area contributed by atoms with E-state index in [1.54, 1.807) is 0 Å².